The van der Waals surface area contributed by atoms with Crippen LogP contribution >= 0.6 is 23.2 Å². The lowest BCUT2D eigenvalue weighted by molar-refractivity contribution is 0.487. The molecule has 0 spiro atoms. The maximum absolute atomic E-state index is 6.19. The van der Waals surface area contributed by atoms with Gasteiger partial charge in [-0.1, -0.05) is 36.2 Å². The van der Waals surface area contributed by atoms with Gasteiger partial charge in [-0.15, -0.1) is 0 Å². The predicted octanol–water partition coefficient (Wildman–Crippen LogP) is 3.90. The Hall–Kier alpha value is -1.00. The number of nitrogens with one attached hydrogen (secondary N) is 1. The Labute approximate surface area is 122 Å². The molecule has 19 heavy (non-hydrogen) atoms. The molecule has 1 aromatic heterocycles. The van der Waals surface area contributed by atoms with E-state index < -0.39 is 0 Å². The zero-order valence-electron chi connectivity index (χ0n) is 10.6. The fourth-order valence-corrected chi connectivity index (χ4v) is 2.60. The maximum Gasteiger partial charge on any atom is 0.108 e. The summed E-state index contributed by atoms with van der Waals surface area (Å²) >= 11 is 12.1. The molecule has 1 heterocycles. The third-order valence-electron chi connectivity index (χ3n) is 3.12. The van der Waals surface area contributed by atoms with Crippen molar-refractivity contribution in [3.63, 3.8) is 0 Å². The molecular formula is C14H16Cl2N2O. The monoisotopic (exact) mass is 298 g/mol. The molecule has 0 fully saturated rings. The average Bonchev–Trinajstić information content (AvgIpc) is 2.86. The Bertz CT molecular complexity index is 554. The molecule has 0 saturated heterocycles. The number of furan rings is 1. The van der Waals surface area contributed by atoms with Crippen LogP contribution < -0.4 is 11.3 Å². The van der Waals surface area contributed by atoms with Crippen molar-refractivity contribution >= 4 is 23.2 Å². The summed E-state index contributed by atoms with van der Waals surface area (Å²) in [6, 6.07) is 7.38. The van der Waals surface area contributed by atoms with Crippen LogP contribution in [0.15, 0.2) is 34.9 Å². The SMILES string of the molecule is CCc1occc1C(Cc1ccc(Cl)cc1Cl)NN. The lowest BCUT2D eigenvalue weighted by Crippen LogP contribution is -2.30. The molecule has 0 aliphatic rings. The Morgan fingerprint density at radius 1 is 1.32 bits per heavy atom. The van der Waals surface area contributed by atoms with Gasteiger partial charge in [-0.25, -0.2) is 0 Å². The number of rotatable bonds is 5. The lowest BCUT2D eigenvalue weighted by atomic mass is 9.99. The molecule has 0 amide bonds. The highest BCUT2D eigenvalue weighted by molar-refractivity contribution is 6.35. The summed E-state index contributed by atoms with van der Waals surface area (Å²) < 4.78 is 5.43. The van der Waals surface area contributed by atoms with E-state index in [0.717, 1.165) is 23.3 Å². The van der Waals surface area contributed by atoms with Gasteiger partial charge >= 0.3 is 0 Å². The molecule has 0 saturated carbocycles. The molecule has 102 valence electrons. The van der Waals surface area contributed by atoms with Gasteiger partial charge in [0, 0.05) is 22.0 Å². The zero-order chi connectivity index (χ0) is 13.8. The zero-order valence-corrected chi connectivity index (χ0v) is 12.1. The highest BCUT2D eigenvalue weighted by Gasteiger charge is 2.17. The molecule has 1 unspecified atom stereocenters. The Kier molecular flexibility index (Phi) is 4.88. The fraction of sp³-hybridized carbons (Fsp3) is 0.286. The summed E-state index contributed by atoms with van der Waals surface area (Å²) in [6.07, 6.45) is 3.19. The minimum absolute atomic E-state index is 0.0348. The van der Waals surface area contributed by atoms with Crippen LogP contribution in [-0.4, -0.2) is 0 Å². The van der Waals surface area contributed by atoms with Crippen molar-refractivity contribution in [2.45, 2.75) is 25.8 Å². The van der Waals surface area contributed by atoms with Gasteiger partial charge in [0.25, 0.3) is 0 Å². The minimum Gasteiger partial charge on any atom is -0.469 e. The number of hydrazine groups is 1. The second-order valence-electron chi connectivity index (χ2n) is 4.31. The smallest absolute Gasteiger partial charge is 0.108 e. The van der Waals surface area contributed by atoms with Crippen LogP contribution in [0.3, 0.4) is 0 Å². The van der Waals surface area contributed by atoms with Gasteiger partial charge in [0.1, 0.15) is 5.76 Å². The number of hydrogen-bond acceptors (Lipinski definition) is 3. The largest absolute Gasteiger partial charge is 0.469 e. The molecular weight excluding hydrogens is 283 g/mol. The normalized spacial score (nSPS) is 12.6. The van der Waals surface area contributed by atoms with Gasteiger partial charge in [-0.3, -0.25) is 11.3 Å². The van der Waals surface area contributed by atoms with Crippen LogP contribution in [0.2, 0.25) is 10.0 Å². The highest BCUT2D eigenvalue weighted by Crippen LogP contribution is 2.28. The number of hydrogen-bond donors (Lipinski definition) is 2. The van der Waals surface area contributed by atoms with Crippen LogP contribution in [0.4, 0.5) is 0 Å². The van der Waals surface area contributed by atoms with Gasteiger partial charge in [-0.05, 0) is 30.2 Å². The molecule has 0 radical (unpaired) electrons. The second kappa shape index (κ2) is 6.44. The quantitative estimate of drug-likeness (QED) is 0.650. The van der Waals surface area contributed by atoms with Crippen molar-refractivity contribution in [3.05, 3.63) is 57.5 Å². The molecule has 2 aromatic rings. The first-order valence-electron chi connectivity index (χ1n) is 6.12. The summed E-state index contributed by atoms with van der Waals surface area (Å²) in [7, 11) is 0. The Morgan fingerprint density at radius 2 is 2.11 bits per heavy atom. The summed E-state index contributed by atoms with van der Waals surface area (Å²) in [4.78, 5) is 0. The van der Waals surface area contributed by atoms with Crippen molar-refractivity contribution in [2.24, 2.45) is 5.84 Å². The number of halogens is 2. The number of aryl methyl sites for hydroxylation is 1. The molecule has 3 N–H and O–H groups in total. The number of nitrogens with two attached hydrogens (primary N) is 1. The summed E-state index contributed by atoms with van der Waals surface area (Å²) in [5, 5.41) is 1.28. The molecule has 0 bridgehead atoms. The van der Waals surface area contributed by atoms with Gasteiger partial charge in [0.15, 0.2) is 0 Å². The second-order valence-corrected chi connectivity index (χ2v) is 5.16. The van der Waals surface area contributed by atoms with Crippen LogP contribution in [-0.2, 0) is 12.8 Å². The predicted molar refractivity (Wildman–Crippen MR) is 78.3 cm³/mol. The van der Waals surface area contributed by atoms with E-state index in [4.69, 9.17) is 33.5 Å². The van der Waals surface area contributed by atoms with Crippen molar-refractivity contribution in [1.29, 1.82) is 0 Å². The summed E-state index contributed by atoms with van der Waals surface area (Å²) in [6.45, 7) is 2.05. The van der Waals surface area contributed by atoms with E-state index in [1.807, 2.05) is 25.1 Å². The fourth-order valence-electron chi connectivity index (χ4n) is 2.11. The Morgan fingerprint density at radius 3 is 2.74 bits per heavy atom. The number of benzene rings is 1. The molecule has 0 aliphatic carbocycles. The maximum atomic E-state index is 6.19. The van der Waals surface area contributed by atoms with Gasteiger partial charge in [0.2, 0.25) is 0 Å². The molecule has 5 heteroatoms. The van der Waals surface area contributed by atoms with E-state index in [2.05, 4.69) is 5.43 Å². The standard InChI is InChI=1S/C14H16Cl2N2O/c1-2-14-11(5-6-19-14)13(18-17)7-9-3-4-10(15)8-12(9)16/h3-6,8,13,18H,2,7,17H2,1H3. The average molecular weight is 299 g/mol. The van der Waals surface area contributed by atoms with Crippen LogP contribution in [0.5, 0.6) is 0 Å². The van der Waals surface area contributed by atoms with E-state index >= 15 is 0 Å². The minimum atomic E-state index is -0.0348. The van der Waals surface area contributed by atoms with Gasteiger partial charge in [0.05, 0.1) is 12.3 Å². The first-order valence-corrected chi connectivity index (χ1v) is 6.87. The third-order valence-corrected chi connectivity index (χ3v) is 3.70. The third kappa shape index (κ3) is 3.31. The van der Waals surface area contributed by atoms with Crippen LogP contribution in [0.25, 0.3) is 0 Å². The molecule has 3 nitrogen and oxygen atoms in total. The van der Waals surface area contributed by atoms with Crippen molar-refractivity contribution in [3.8, 4) is 0 Å². The first-order chi connectivity index (χ1) is 9.15. The molecule has 1 aromatic carbocycles. The first kappa shape index (κ1) is 14.4. The van der Waals surface area contributed by atoms with E-state index in [-0.39, 0.29) is 6.04 Å². The van der Waals surface area contributed by atoms with Gasteiger partial charge < -0.3 is 4.42 Å². The van der Waals surface area contributed by atoms with E-state index in [1.54, 1.807) is 12.3 Å². The lowest BCUT2D eigenvalue weighted by Gasteiger charge is -2.16. The van der Waals surface area contributed by atoms with Crippen molar-refractivity contribution < 1.29 is 4.42 Å². The topological polar surface area (TPSA) is 51.2 Å². The highest BCUT2D eigenvalue weighted by atomic mass is 35.5. The van der Waals surface area contributed by atoms with E-state index in [0.29, 0.717) is 16.5 Å². The molecule has 1 atom stereocenters. The molecule has 2 rings (SSSR count). The summed E-state index contributed by atoms with van der Waals surface area (Å²) in [5.74, 6) is 6.59. The van der Waals surface area contributed by atoms with Crippen molar-refractivity contribution in [2.75, 3.05) is 0 Å². The van der Waals surface area contributed by atoms with Crippen LogP contribution in [0, 0.1) is 0 Å². The Balaban J connectivity index is 2.24. The van der Waals surface area contributed by atoms with E-state index in [9.17, 15) is 0 Å². The van der Waals surface area contributed by atoms with Crippen LogP contribution in [0.1, 0.15) is 29.9 Å². The van der Waals surface area contributed by atoms with Gasteiger partial charge in [-0.2, -0.15) is 0 Å². The molecule has 0 aliphatic heterocycles. The summed E-state index contributed by atoms with van der Waals surface area (Å²) in [5.41, 5.74) is 4.88. The van der Waals surface area contributed by atoms with Crippen molar-refractivity contribution in [1.82, 2.24) is 5.43 Å². The van der Waals surface area contributed by atoms with E-state index in [1.165, 1.54) is 0 Å².